The summed E-state index contributed by atoms with van der Waals surface area (Å²) in [4.78, 5) is 27.7. The molecule has 112 valence electrons. The van der Waals surface area contributed by atoms with Crippen LogP contribution in [0, 0.1) is 0 Å². The lowest BCUT2D eigenvalue weighted by molar-refractivity contribution is -0.142. The highest BCUT2D eigenvalue weighted by atomic mass is 79.9. The van der Waals surface area contributed by atoms with Crippen molar-refractivity contribution in [2.24, 2.45) is 0 Å². The molecule has 1 N–H and O–H groups in total. The quantitative estimate of drug-likeness (QED) is 0.692. The van der Waals surface area contributed by atoms with Gasteiger partial charge >= 0.3 is 5.97 Å². The number of hydrogen-bond donors (Lipinski definition) is 1. The van der Waals surface area contributed by atoms with E-state index in [1.807, 2.05) is 0 Å². The van der Waals surface area contributed by atoms with Crippen LogP contribution in [0.3, 0.4) is 0 Å². The van der Waals surface area contributed by atoms with E-state index in [0.29, 0.717) is 23.0 Å². The molecule has 0 unspecified atom stereocenters. The van der Waals surface area contributed by atoms with Crippen LogP contribution >= 0.6 is 54.5 Å². The Hall–Kier alpha value is -0.770. The predicted molar refractivity (Wildman–Crippen MR) is 90.1 cm³/mol. The molecule has 0 spiro atoms. The van der Waals surface area contributed by atoms with Gasteiger partial charge in [-0.2, -0.15) is 0 Å². The van der Waals surface area contributed by atoms with E-state index in [-0.39, 0.29) is 18.3 Å². The summed E-state index contributed by atoms with van der Waals surface area (Å²) in [6, 6.07) is 1.73. The molecule has 2 aromatic rings. The number of thiazole rings is 1. The van der Waals surface area contributed by atoms with E-state index in [2.05, 4.69) is 42.2 Å². The number of carbonyl (C=O) groups is 2. The topological polar surface area (TPSA) is 68.3 Å². The number of aromatic nitrogens is 1. The number of esters is 1. The van der Waals surface area contributed by atoms with Gasteiger partial charge in [-0.1, -0.05) is 0 Å². The van der Waals surface area contributed by atoms with Crippen molar-refractivity contribution in [3.8, 4) is 0 Å². The van der Waals surface area contributed by atoms with E-state index in [0.717, 1.165) is 7.57 Å². The monoisotopic (exact) mass is 452 g/mol. The summed E-state index contributed by atoms with van der Waals surface area (Å²) in [5.74, 6) is -0.578. The van der Waals surface area contributed by atoms with Crippen LogP contribution in [0.25, 0.3) is 0 Å². The van der Waals surface area contributed by atoms with Gasteiger partial charge in [0.05, 0.1) is 31.9 Å². The number of nitrogens with one attached hydrogen (secondary N) is 1. The van der Waals surface area contributed by atoms with E-state index in [9.17, 15) is 9.59 Å². The molecule has 9 heteroatoms. The van der Waals surface area contributed by atoms with Crippen LogP contribution in [-0.2, 0) is 16.0 Å². The summed E-state index contributed by atoms with van der Waals surface area (Å²) in [7, 11) is 0. The molecule has 2 aromatic heterocycles. The summed E-state index contributed by atoms with van der Waals surface area (Å²) >= 11 is 9.35. The molecular weight excluding hydrogens is 444 g/mol. The summed E-state index contributed by atoms with van der Waals surface area (Å²) in [6.45, 7) is 2.09. The largest absolute Gasteiger partial charge is 0.466 e. The number of ether oxygens (including phenoxy) is 1. The number of thiophene rings is 1. The Labute approximate surface area is 146 Å². The summed E-state index contributed by atoms with van der Waals surface area (Å²) in [5.41, 5.74) is 1.12. The number of carbonyl (C=O) groups excluding carboxylic acids is 2. The number of halogens is 2. The van der Waals surface area contributed by atoms with Crippen molar-refractivity contribution in [3.63, 3.8) is 0 Å². The zero-order valence-electron chi connectivity index (χ0n) is 10.8. The van der Waals surface area contributed by atoms with E-state index >= 15 is 0 Å². The van der Waals surface area contributed by atoms with Crippen LogP contribution in [0.2, 0.25) is 0 Å². The van der Waals surface area contributed by atoms with Crippen LogP contribution in [0.15, 0.2) is 19.0 Å². The van der Waals surface area contributed by atoms with E-state index < -0.39 is 0 Å². The van der Waals surface area contributed by atoms with Gasteiger partial charge in [-0.15, -0.1) is 22.7 Å². The molecule has 0 atom stereocenters. The maximum atomic E-state index is 12.1. The molecule has 0 saturated carbocycles. The van der Waals surface area contributed by atoms with Gasteiger partial charge < -0.3 is 4.74 Å². The van der Waals surface area contributed by atoms with E-state index in [1.165, 1.54) is 22.7 Å². The molecule has 5 nitrogen and oxygen atoms in total. The highest BCUT2D eigenvalue weighted by Gasteiger charge is 2.16. The first-order chi connectivity index (χ1) is 9.99. The molecule has 0 bridgehead atoms. The van der Waals surface area contributed by atoms with Crippen molar-refractivity contribution < 1.29 is 14.3 Å². The fourth-order valence-electron chi connectivity index (χ4n) is 1.47. The minimum Gasteiger partial charge on any atom is -0.466 e. The summed E-state index contributed by atoms with van der Waals surface area (Å²) in [6.07, 6.45) is 0.105. The Morgan fingerprint density at radius 3 is 2.81 bits per heavy atom. The SMILES string of the molecule is CCOC(=O)Cc1csc(NC(=O)c2cc(Br)sc2Br)n1. The standard InChI is InChI=1S/C12H10Br2N2O3S2/c1-2-19-9(17)3-6-5-20-12(15-6)16-11(18)7-4-8(13)21-10(7)14/h4-5H,2-3H2,1H3,(H,15,16,18). The molecule has 0 aliphatic carbocycles. The molecule has 0 fully saturated rings. The average molecular weight is 454 g/mol. The van der Waals surface area contributed by atoms with Crippen molar-refractivity contribution in [3.05, 3.63) is 30.3 Å². The molecule has 21 heavy (non-hydrogen) atoms. The second kappa shape index (κ2) is 7.48. The Balaban J connectivity index is 2.00. The van der Waals surface area contributed by atoms with Crippen LogP contribution < -0.4 is 5.32 Å². The molecule has 0 aliphatic heterocycles. The maximum absolute atomic E-state index is 12.1. The van der Waals surface area contributed by atoms with E-state index in [1.54, 1.807) is 18.4 Å². The zero-order valence-corrected chi connectivity index (χ0v) is 15.6. The van der Waals surface area contributed by atoms with Gasteiger partial charge in [0.25, 0.3) is 5.91 Å². The van der Waals surface area contributed by atoms with Gasteiger partial charge in [-0.05, 0) is 44.8 Å². The van der Waals surface area contributed by atoms with Crippen LogP contribution in [0.1, 0.15) is 23.0 Å². The molecule has 2 heterocycles. The number of hydrogen-bond acceptors (Lipinski definition) is 6. The number of anilines is 1. The van der Waals surface area contributed by atoms with Crippen LogP contribution in [0.4, 0.5) is 5.13 Å². The third kappa shape index (κ3) is 4.60. The van der Waals surface area contributed by atoms with Gasteiger partial charge in [0.2, 0.25) is 0 Å². The fraction of sp³-hybridized carbons (Fsp3) is 0.250. The molecule has 0 aliphatic rings. The van der Waals surface area contributed by atoms with Gasteiger partial charge in [-0.25, -0.2) is 4.98 Å². The third-order valence-corrected chi connectivity index (χ3v) is 5.45. The minimum absolute atomic E-state index is 0.105. The second-order valence-electron chi connectivity index (χ2n) is 3.82. The van der Waals surface area contributed by atoms with Crippen LogP contribution in [0.5, 0.6) is 0 Å². The third-order valence-electron chi connectivity index (χ3n) is 2.30. The molecular formula is C12H10Br2N2O3S2. The Kier molecular flexibility index (Phi) is 5.91. The molecule has 2 rings (SSSR count). The fourth-order valence-corrected chi connectivity index (χ4v) is 4.96. The van der Waals surface area contributed by atoms with Crippen molar-refractivity contribution in [2.75, 3.05) is 11.9 Å². The predicted octanol–water partition coefficient (Wildman–Crippen LogP) is 4.09. The smallest absolute Gasteiger partial charge is 0.311 e. The lowest BCUT2D eigenvalue weighted by atomic mass is 10.3. The lowest BCUT2D eigenvalue weighted by Gasteiger charge is -2.00. The maximum Gasteiger partial charge on any atom is 0.311 e. The molecule has 0 radical (unpaired) electrons. The summed E-state index contributed by atoms with van der Waals surface area (Å²) in [5, 5.41) is 4.89. The molecule has 0 saturated heterocycles. The molecule has 1 amide bonds. The minimum atomic E-state index is -0.329. The molecule has 0 aromatic carbocycles. The Morgan fingerprint density at radius 2 is 2.19 bits per heavy atom. The van der Waals surface area contributed by atoms with Crippen LogP contribution in [-0.4, -0.2) is 23.5 Å². The number of amides is 1. The van der Waals surface area contributed by atoms with Crippen molar-refractivity contribution in [1.82, 2.24) is 4.98 Å². The first kappa shape index (κ1) is 16.6. The zero-order chi connectivity index (χ0) is 15.4. The summed E-state index contributed by atoms with van der Waals surface area (Å²) < 4.78 is 6.46. The van der Waals surface area contributed by atoms with Crippen molar-refractivity contribution in [1.29, 1.82) is 0 Å². The van der Waals surface area contributed by atoms with Crippen molar-refractivity contribution in [2.45, 2.75) is 13.3 Å². The van der Waals surface area contributed by atoms with Crippen molar-refractivity contribution >= 4 is 71.5 Å². The van der Waals surface area contributed by atoms with Gasteiger partial charge in [0.15, 0.2) is 5.13 Å². The highest BCUT2D eigenvalue weighted by Crippen LogP contribution is 2.32. The normalized spacial score (nSPS) is 10.4. The van der Waals surface area contributed by atoms with E-state index in [4.69, 9.17) is 4.74 Å². The highest BCUT2D eigenvalue weighted by molar-refractivity contribution is 9.12. The first-order valence-corrected chi connectivity index (χ1v) is 9.14. The van der Waals surface area contributed by atoms with Gasteiger partial charge in [0, 0.05) is 5.38 Å². The lowest BCUT2D eigenvalue weighted by Crippen LogP contribution is -2.12. The van der Waals surface area contributed by atoms with Gasteiger partial charge in [-0.3, -0.25) is 14.9 Å². The Morgan fingerprint density at radius 1 is 1.43 bits per heavy atom. The number of rotatable bonds is 5. The number of nitrogens with zero attached hydrogens (tertiary/aromatic N) is 1. The first-order valence-electron chi connectivity index (χ1n) is 5.85. The average Bonchev–Trinajstić information content (AvgIpc) is 2.96. The second-order valence-corrected chi connectivity index (χ2v) is 8.43. The Bertz CT molecular complexity index is 669. The van der Waals surface area contributed by atoms with Gasteiger partial charge in [0.1, 0.15) is 0 Å².